The second-order valence-electron chi connectivity index (χ2n) is 6.38. The highest BCUT2D eigenvalue weighted by atomic mass is 32.2. The molecule has 1 aromatic heterocycles. The summed E-state index contributed by atoms with van der Waals surface area (Å²) in [5.74, 6) is -1.52. The molecule has 0 unspecified atom stereocenters. The number of benzene rings is 1. The Bertz CT molecular complexity index is 845. The van der Waals surface area contributed by atoms with Crippen LogP contribution in [0.25, 0.3) is 11.1 Å². The van der Waals surface area contributed by atoms with Crippen molar-refractivity contribution in [1.82, 2.24) is 5.16 Å². The molecule has 3 rings (SSSR count). The van der Waals surface area contributed by atoms with E-state index < -0.39 is 26.4 Å². The lowest BCUT2D eigenvalue weighted by molar-refractivity contribution is 0.367. The van der Waals surface area contributed by atoms with E-state index in [9.17, 15) is 17.2 Å². The van der Waals surface area contributed by atoms with Crippen LogP contribution in [0.5, 0.6) is 0 Å². The van der Waals surface area contributed by atoms with E-state index in [1.807, 2.05) is 0 Å². The van der Waals surface area contributed by atoms with Crippen molar-refractivity contribution in [1.29, 1.82) is 0 Å². The highest BCUT2D eigenvalue weighted by Crippen LogP contribution is 2.40. The first-order valence-corrected chi connectivity index (χ1v) is 9.84. The highest BCUT2D eigenvalue weighted by Gasteiger charge is 2.27. The molecule has 1 aromatic carbocycles. The minimum atomic E-state index is -3.98. The molecule has 4 nitrogen and oxygen atoms in total. The van der Waals surface area contributed by atoms with Gasteiger partial charge in [0.05, 0.1) is 5.69 Å². The van der Waals surface area contributed by atoms with Crippen LogP contribution in [-0.2, 0) is 9.84 Å². The zero-order valence-electron chi connectivity index (χ0n) is 13.6. The minimum Gasteiger partial charge on any atom is -0.361 e. The van der Waals surface area contributed by atoms with Gasteiger partial charge < -0.3 is 4.52 Å². The Balaban J connectivity index is 2.12. The Kier molecular flexibility index (Phi) is 4.46. The summed E-state index contributed by atoms with van der Waals surface area (Å²) >= 11 is 0. The van der Waals surface area contributed by atoms with Gasteiger partial charge >= 0.3 is 0 Å². The molecule has 0 amide bonds. The molecule has 1 fully saturated rings. The lowest BCUT2D eigenvalue weighted by Gasteiger charge is -2.20. The Labute approximate surface area is 139 Å². The lowest BCUT2D eigenvalue weighted by Crippen LogP contribution is -2.07. The molecule has 1 saturated carbocycles. The monoisotopic (exact) mass is 355 g/mol. The van der Waals surface area contributed by atoms with Crippen LogP contribution in [0.15, 0.2) is 21.6 Å². The second kappa shape index (κ2) is 6.27. The van der Waals surface area contributed by atoms with E-state index >= 15 is 0 Å². The van der Waals surface area contributed by atoms with Crippen LogP contribution < -0.4 is 0 Å². The molecular weight excluding hydrogens is 336 g/mol. The van der Waals surface area contributed by atoms with Gasteiger partial charge in [-0.25, -0.2) is 17.2 Å². The fraction of sp³-hybridized carbons (Fsp3) is 0.471. The predicted molar refractivity (Wildman–Crippen MR) is 85.5 cm³/mol. The number of halogens is 2. The van der Waals surface area contributed by atoms with Gasteiger partial charge in [0.1, 0.15) is 22.3 Å². The summed E-state index contributed by atoms with van der Waals surface area (Å²) in [5.41, 5.74) is 1.54. The number of nitrogens with zero attached hydrogens (tertiary/aromatic N) is 1. The minimum absolute atomic E-state index is 0.201. The van der Waals surface area contributed by atoms with Gasteiger partial charge in [0.25, 0.3) is 0 Å². The van der Waals surface area contributed by atoms with Crippen LogP contribution in [0.2, 0.25) is 0 Å². The van der Waals surface area contributed by atoms with Gasteiger partial charge in [0.15, 0.2) is 9.84 Å². The van der Waals surface area contributed by atoms with E-state index in [-0.39, 0.29) is 11.5 Å². The first-order chi connectivity index (χ1) is 11.3. The van der Waals surface area contributed by atoms with Gasteiger partial charge in [0.2, 0.25) is 0 Å². The predicted octanol–water partition coefficient (Wildman–Crippen LogP) is 4.38. The van der Waals surface area contributed by atoms with E-state index in [1.54, 1.807) is 6.92 Å². The molecule has 0 radical (unpaired) electrons. The van der Waals surface area contributed by atoms with Gasteiger partial charge in [-0.15, -0.1) is 0 Å². The maximum Gasteiger partial charge on any atom is 0.181 e. The van der Waals surface area contributed by atoms with Gasteiger partial charge in [-0.1, -0.05) is 24.4 Å². The molecule has 1 heterocycles. The molecule has 0 spiro atoms. The Morgan fingerprint density at radius 3 is 2.25 bits per heavy atom. The SMILES string of the molecule is Cc1onc(C2CCCCC2)c1-c1cc(F)c(S(C)(=O)=O)c(F)c1. The molecule has 7 heteroatoms. The van der Waals surface area contributed by atoms with Crippen molar-refractivity contribution in [3.8, 4) is 11.1 Å². The first-order valence-electron chi connectivity index (χ1n) is 7.94. The van der Waals surface area contributed by atoms with Crippen LogP contribution >= 0.6 is 0 Å². The van der Waals surface area contributed by atoms with E-state index in [0.29, 0.717) is 17.0 Å². The Morgan fingerprint density at radius 1 is 1.12 bits per heavy atom. The van der Waals surface area contributed by atoms with Gasteiger partial charge in [-0.2, -0.15) is 0 Å². The average Bonchev–Trinajstić information content (AvgIpc) is 2.87. The quantitative estimate of drug-likeness (QED) is 0.820. The zero-order valence-corrected chi connectivity index (χ0v) is 14.4. The lowest BCUT2D eigenvalue weighted by atomic mass is 9.84. The van der Waals surface area contributed by atoms with Crippen molar-refractivity contribution < 1.29 is 21.7 Å². The first kappa shape index (κ1) is 17.1. The van der Waals surface area contributed by atoms with Crippen molar-refractivity contribution in [3.63, 3.8) is 0 Å². The second-order valence-corrected chi connectivity index (χ2v) is 8.33. The van der Waals surface area contributed by atoms with Crippen molar-refractivity contribution in [2.45, 2.75) is 49.8 Å². The van der Waals surface area contributed by atoms with Gasteiger partial charge in [-0.05, 0) is 37.5 Å². The molecule has 1 aliphatic carbocycles. The van der Waals surface area contributed by atoms with Crippen molar-refractivity contribution in [3.05, 3.63) is 35.2 Å². The Morgan fingerprint density at radius 2 is 1.71 bits per heavy atom. The molecule has 0 N–H and O–H groups in total. The molecule has 24 heavy (non-hydrogen) atoms. The summed E-state index contributed by atoms with van der Waals surface area (Å²) in [6, 6.07) is 2.09. The van der Waals surface area contributed by atoms with Gasteiger partial charge in [0, 0.05) is 17.7 Å². The third-order valence-corrected chi connectivity index (χ3v) is 5.67. The summed E-state index contributed by atoms with van der Waals surface area (Å²) in [6.45, 7) is 1.69. The van der Waals surface area contributed by atoms with Crippen molar-refractivity contribution in [2.75, 3.05) is 6.26 Å². The maximum atomic E-state index is 14.2. The number of hydrogen-bond donors (Lipinski definition) is 0. The zero-order chi connectivity index (χ0) is 17.5. The standard InChI is InChI=1S/C17H19F2NO3S/c1-10-15(16(20-23-10)11-6-4-3-5-7-11)12-8-13(18)17(14(19)9-12)24(2,21)22/h8-9,11H,3-7H2,1-2H3. The topological polar surface area (TPSA) is 60.2 Å². The van der Waals surface area contributed by atoms with E-state index in [2.05, 4.69) is 5.16 Å². The third kappa shape index (κ3) is 3.09. The number of hydrogen-bond acceptors (Lipinski definition) is 4. The fourth-order valence-corrected chi connectivity index (χ4v) is 4.28. The van der Waals surface area contributed by atoms with Crippen LogP contribution in [0.3, 0.4) is 0 Å². The number of rotatable bonds is 3. The van der Waals surface area contributed by atoms with E-state index in [1.165, 1.54) is 6.42 Å². The Hall–Kier alpha value is -1.76. The molecule has 1 aliphatic rings. The fourth-order valence-electron chi connectivity index (χ4n) is 3.45. The normalized spacial score (nSPS) is 16.5. The largest absolute Gasteiger partial charge is 0.361 e. The number of aryl methyl sites for hydroxylation is 1. The van der Waals surface area contributed by atoms with E-state index in [4.69, 9.17) is 4.52 Å². The van der Waals surface area contributed by atoms with Crippen molar-refractivity contribution >= 4 is 9.84 Å². The van der Waals surface area contributed by atoms with Crippen LogP contribution in [-0.4, -0.2) is 19.8 Å². The van der Waals surface area contributed by atoms with E-state index in [0.717, 1.165) is 44.1 Å². The summed E-state index contributed by atoms with van der Waals surface area (Å²) in [7, 11) is -3.98. The molecule has 2 aromatic rings. The number of sulfone groups is 1. The molecule has 0 saturated heterocycles. The van der Waals surface area contributed by atoms with Crippen LogP contribution in [0.4, 0.5) is 8.78 Å². The van der Waals surface area contributed by atoms with Crippen molar-refractivity contribution in [2.24, 2.45) is 0 Å². The third-order valence-electron chi connectivity index (χ3n) is 4.54. The summed E-state index contributed by atoms with van der Waals surface area (Å²) in [6.07, 6.45) is 6.06. The molecule has 0 bridgehead atoms. The molecule has 130 valence electrons. The summed E-state index contributed by atoms with van der Waals surface area (Å²) in [4.78, 5) is -0.903. The van der Waals surface area contributed by atoms with Crippen LogP contribution in [0, 0.1) is 18.6 Å². The number of aromatic nitrogens is 1. The molecular formula is C17H19F2NO3S. The maximum absolute atomic E-state index is 14.2. The summed E-state index contributed by atoms with van der Waals surface area (Å²) < 4.78 is 56.8. The molecule has 0 aliphatic heterocycles. The smallest absolute Gasteiger partial charge is 0.181 e. The van der Waals surface area contributed by atoms with Crippen LogP contribution in [0.1, 0.15) is 49.5 Å². The average molecular weight is 355 g/mol. The molecule has 0 atom stereocenters. The van der Waals surface area contributed by atoms with Gasteiger partial charge in [-0.3, -0.25) is 0 Å². The highest BCUT2D eigenvalue weighted by molar-refractivity contribution is 7.90. The summed E-state index contributed by atoms with van der Waals surface area (Å²) in [5, 5.41) is 4.11.